The zero-order chi connectivity index (χ0) is 52.2. The van der Waals surface area contributed by atoms with Crippen molar-refractivity contribution in [2.24, 2.45) is 0 Å². The van der Waals surface area contributed by atoms with Gasteiger partial charge >= 0.3 is 6.09 Å². The fourth-order valence-corrected chi connectivity index (χ4v) is 9.05. The molecule has 0 saturated heterocycles. The lowest BCUT2D eigenvalue weighted by atomic mass is 9.85. The van der Waals surface area contributed by atoms with Crippen LogP contribution < -0.4 is 29.6 Å². The van der Waals surface area contributed by atoms with Gasteiger partial charge in [0.15, 0.2) is 0 Å². The molecule has 0 atom stereocenters. The van der Waals surface area contributed by atoms with Crippen LogP contribution in [0.3, 0.4) is 0 Å². The van der Waals surface area contributed by atoms with Crippen LogP contribution in [0, 0.1) is 22.7 Å². The average Bonchev–Trinajstić information content (AvgIpc) is 3.40. The predicted molar refractivity (Wildman–Crippen MR) is 274 cm³/mol. The van der Waals surface area contributed by atoms with E-state index in [2.05, 4.69) is 22.8 Å². The first-order chi connectivity index (χ1) is 35.7. The molecule has 0 unspecified atom stereocenters. The van der Waals surface area contributed by atoms with Crippen molar-refractivity contribution >= 4 is 30.5 Å². The van der Waals surface area contributed by atoms with E-state index in [1.165, 1.54) is 0 Å². The molecule has 6 aromatic rings. The molecule has 0 aliphatic heterocycles. The summed E-state index contributed by atoms with van der Waals surface area (Å²) in [6, 6.07) is 39.7. The highest BCUT2D eigenvalue weighted by molar-refractivity contribution is 5.96. The zero-order valence-corrected chi connectivity index (χ0v) is 41.2. The van der Waals surface area contributed by atoms with E-state index in [0.717, 1.165) is 12.6 Å². The van der Waals surface area contributed by atoms with Gasteiger partial charge in [0, 0.05) is 58.6 Å². The maximum absolute atomic E-state index is 14.1. The van der Waals surface area contributed by atoms with Gasteiger partial charge in [0.25, 0.3) is 11.8 Å². The summed E-state index contributed by atoms with van der Waals surface area (Å²) in [5.41, 5.74) is 1.81. The van der Waals surface area contributed by atoms with Gasteiger partial charge in [-0.2, -0.15) is 10.5 Å². The van der Waals surface area contributed by atoms with Gasteiger partial charge in [0.2, 0.25) is 0 Å². The molecule has 2 aliphatic rings. The molecule has 376 valence electrons. The lowest BCUT2D eigenvalue weighted by Crippen LogP contribution is -2.53. The van der Waals surface area contributed by atoms with E-state index in [9.17, 15) is 34.5 Å². The van der Waals surface area contributed by atoms with Gasteiger partial charge in [-0.3, -0.25) is 19.2 Å². The van der Waals surface area contributed by atoms with Crippen LogP contribution in [0.5, 0.6) is 46.0 Å². The summed E-state index contributed by atoms with van der Waals surface area (Å²) in [5, 5.41) is 24.9. The largest absolute Gasteiger partial charge is 0.457 e. The Morgan fingerprint density at radius 1 is 0.486 bits per heavy atom. The molecule has 2 fully saturated rings. The fourth-order valence-electron chi connectivity index (χ4n) is 9.05. The lowest BCUT2D eigenvalue weighted by molar-refractivity contribution is -0.00736. The topological polar surface area (TPSA) is 206 Å². The number of benzene rings is 6. The SMILES string of the molecule is CC(C)(C)OC(=O)N(C1CCC(NC(=O)c2cc(Oc3ccc(C#N)cc3)cc(Oc3ccc(C=O)cc3)c2)CC1)C1CCC(NC(=O)c2cc(Oc3ccc(C#N)cc3)cc(Oc3ccc(C=O)cc3)c2)CC1. The minimum Gasteiger partial charge on any atom is -0.457 e. The van der Waals surface area contributed by atoms with Crippen molar-refractivity contribution < 1.29 is 47.7 Å². The van der Waals surface area contributed by atoms with Crippen molar-refractivity contribution in [2.75, 3.05) is 0 Å². The number of carbonyl (C=O) groups is 5. The minimum absolute atomic E-state index is 0.143. The first-order valence-electron chi connectivity index (χ1n) is 24.5. The molecule has 3 amide bonds. The zero-order valence-electron chi connectivity index (χ0n) is 41.2. The molecule has 2 aliphatic carbocycles. The molecule has 2 N–H and O–H groups in total. The van der Waals surface area contributed by atoms with Crippen molar-refractivity contribution in [3.8, 4) is 58.1 Å². The number of nitrogens with zero attached hydrogens (tertiary/aromatic N) is 3. The van der Waals surface area contributed by atoms with E-state index in [-0.39, 0.29) is 36.0 Å². The number of amides is 3. The van der Waals surface area contributed by atoms with Gasteiger partial charge in [-0.05, 0) is 193 Å². The Balaban J connectivity index is 0.917. The van der Waals surface area contributed by atoms with Crippen LogP contribution in [0.1, 0.15) is 125 Å². The van der Waals surface area contributed by atoms with Gasteiger partial charge < -0.3 is 39.2 Å². The normalized spacial score (nSPS) is 17.2. The van der Waals surface area contributed by atoms with E-state index in [1.54, 1.807) is 133 Å². The molecular weight excluding hydrogens is 939 g/mol. The van der Waals surface area contributed by atoms with E-state index in [0.29, 0.717) is 131 Å². The Morgan fingerprint density at radius 2 is 0.797 bits per heavy atom. The van der Waals surface area contributed by atoms with E-state index < -0.39 is 11.7 Å². The number of rotatable bonds is 16. The van der Waals surface area contributed by atoms with E-state index >= 15 is 0 Å². The number of hydrogen-bond donors (Lipinski definition) is 2. The third-order valence-corrected chi connectivity index (χ3v) is 12.7. The van der Waals surface area contributed by atoms with Gasteiger partial charge in [-0.15, -0.1) is 0 Å². The molecule has 0 spiro atoms. The van der Waals surface area contributed by atoms with Crippen LogP contribution in [0.2, 0.25) is 0 Å². The van der Waals surface area contributed by atoms with Crippen LogP contribution in [0.15, 0.2) is 133 Å². The molecular formula is C59H55N5O10. The fraction of sp³-hybridized carbons (Fsp3) is 0.271. The highest BCUT2D eigenvalue weighted by Gasteiger charge is 2.38. The Morgan fingerprint density at radius 3 is 1.08 bits per heavy atom. The van der Waals surface area contributed by atoms with Crippen LogP contribution in [-0.2, 0) is 4.74 Å². The summed E-state index contributed by atoms with van der Waals surface area (Å²) in [7, 11) is 0. The summed E-state index contributed by atoms with van der Waals surface area (Å²) in [6.07, 6.45) is 6.03. The molecule has 15 nitrogen and oxygen atoms in total. The van der Waals surface area contributed by atoms with Gasteiger partial charge in [-0.1, -0.05) is 0 Å². The number of carbonyl (C=O) groups excluding carboxylic acids is 5. The van der Waals surface area contributed by atoms with E-state index in [4.69, 9.17) is 23.7 Å². The molecule has 0 radical (unpaired) electrons. The molecule has 0 heterocycles. The number of nitriles is 2. The molecule has 0 bridgehead atoms. The summed E-state index contributed by atoms with van der Waals surface area (Å²) < 4.78 is 30.5. The minimum atomic E-state index is -0.731. The predicted octanol–water partition coefficient (Wildman–Crippen LogP) is 12.2. The third kappa shape index (κ3) is 13.9. The number of hydrogen-bond acceptors (Lipinski definition) is 12. The highest BCUT2D eigenvalue weighted by atomic mass is 16.6. The molecule has 2 saturated carbocycles. The summed E-state index contributed by atoms with van der Waals surface area (Å²) in [5.74, 6) is 2.54. The number of ether oxygens (including phenoxy) is 5. The van der Waals surface area contributed by atoms with Crippen molar-refractivity contribution in [3.63, 3.8) is 0 Å². The number of nitrogens with one attached hydrogen (secondary N) is 2. The summed E-state index contributed by atoms with van der Waals surface area (Å²) >= 11 is 0. The molecule has 15 heteroatoms. The molecule has 74 heavy (non-hydrogen) atoms. The Kier molecular flexibility index (Phi) is 16.3. The second-order valence-electron chi connectivity index (χ2n) is 19.3. The van der Waals surface area contributed by atoms with Gasteiger partial charge in [-0.25, -0.2) is 4.79 Å². The summed E-state index contributed by atoms with van der Waals surface area (Å²) in [4.78, 5) is 66.4. The van der Waals surface area contributed by atoms with Gasteiger partial charge in [0.1, 0.15) is 64.2 Å². The van der Waals surface area contributed by atoms with E-state index in [1.807, 2.05) is 25.7 Å². The third-order valence-electron chi connectivity index (χ3n) is 12.7. The molecule has 8 rings (SSSR count). The molecule has 6 aromatic carbocycles. The molecule has 0 aromatic heterocycles. The Bertz CT molecular complexity index is 2860. The maximum atomic E-state index is 14.1. The van der Waals surface area contributed by atoms with Crippen molar-refractivity contribution in [2.45, 2.75) is 102 Å². The van der Waals surface area contributed by atoms with Crippen LogP contribution in [-0.4, -0.2) is 65.1 Å². The standard InChI is InChI=1S/C59H55N5O10/c1-59(2,3)74-58(69)64(46-16-12-44(13-17-46)62-56(67)42-28-52(70-48-20-4-38(34-60)5-21-48)32-54(30-42)72-50-24-8-40(36-65)9-25-50)47-18-14-45(15-19-47)63-57(68)43-29-53(71-49-22-6-39(35-61)7-23-49)33-55(31-43)73-51-26-10-41(37-66)11-27-51/h4-11,20-33,36-37,44-47H,12-19H2,1-3H3,(H,62,67)(H,63,68). The first kappa shape index (κ1) is 51.4. The maximum Gasteiger partial charge on any atom is 0.410 e. The average molecular weight is 994 g/mol. The van der Waals surface area contributed by atoms with Crippen molar-refractivity contribution in [3.05, 3.63) is 167 Å². The van der Waals surface area contributed by atoms with Crippen LogP contribution >= 0.6 is 0 Å². The van der Waals surface area contributed by atoms with Gasteiger partial charge in [0.05, 0.1) is 23.3 Å². The second-order valence-corrected chi connectivity index (χ2v) is 19.3. The van der Waals surface area contributed by atoms with Crippen LogP contribution in [0.4, 0.5) is 4.79 Å². The Hall–Kier alpha value is -8.95. The highest BCUT2D eigenvalue weighted by Crippen LogP contribution is 2.36. The van der Waals surface area contributed by atoms with Crippen molar-refractivity contribution in [1.82, 2.24) is 15.5 Å². The Labute approximate surface area is 429 Å². The number of aldehydes is 2. The van der Waals surface area contributed by atoms with Crippen molar-refractivity contribution in [1.29, 1.82) is 10.5 Å². The quantitative estimate of drug-likeness (QED) is 0.0869. The monoisotopic (exact) mass is 993 g/mol. The summed E-state index contributed by atoms with van der Waals surface area (Å²) in [6.45, 7) is 5.53. The second kappa shape index (κ2) is 23.5. The van der Waals surface area contributed by atoms with Crippen LogP contribution in [0.25, 0.3) is 0 Å². The first-order valence-corrected chi connectivity index (χ1v) is 24.5. The smallest absolute Gasteiger partial charge is 0.410 e. The lowest BCUT2D eigenvalue weighted by Gasteiger charge is -2.44.